The number of aromatic nitrogens is 2. The molecule has 0 saturated heterocycles. The third kappa shape index (κ3) is 3.63. The highest BCUT2D eigenvalue weighted by Crippen LogP contribution is 2.30. The quantitative estimate of drug-likeness (QED) is 0.409. The molecule has 2 heterocycles. The minimum atomic E-state index is -0.559. The van der Waals surface area contributed by atoms with Crippen LogP contribution in [0.1, 0.15) is 10.4 Å². The Hall–Kier alpha value is -4.20. The molecule has 4 rings (SSSR count). The molecule has 0 bridgehead atoms. The van der Waals surface area contributed by atoms with Gasteiger partial charge < -0.3 is 14.5 Å². The number of hydrogen-bond donors (Lipinski definition) is 1. The minimum Gasteiger partial charge on any atom is -0.490 e. The van der Waals surface area contributed by atoms with Gasteiger partial charge in [-0.3, -0.25) is 14.9 Å². The summed E-state index contributed by atoms with van der Waals surface area (Å²) in [6.45, 7) is 0. The SMILES string of the molecule is COc1ccc(NC(=O)c2ccn3cc(-c4ccccc4)nc3c2)cc1[N+](=O)[O-]. The van der Waals surface area contributed by atoms with Crippen LogP contribution in [-0.4, -0.2) is 27.3 Å². The van der Waals surface area contributed by atoms with Crippen molar-refractivity contribution in [3.8, 4) is 17.0 Å². The number of fused-ring (bicyclic) bond motifs is 1. The monoisotopic (exact) mass is 388 g/mol. The summed E-state index contributed by atoms with van der Waals surface area (Å²) in [5, 5.41) is 13.8. The van der Waals surface area contributed by atoms with Gasteiger partial charge in [0.15, 0.2) is 5.75 Å². The van der Waals surface area contributed by atoms with Crippen molar-refractivity contribution in [2.24, 2.45) is 0 Å². The van der Waals surface area contributed by atoms with Gasteiger partial charge in [-0.1, -0.05) is 30.3 Å². The zero-order chi connectivity index (χ0) is 20.4. The van der Waals surface area contributed by atoms with E-state index in [-0.39, 0.29) is 11.4 Å². The number of ether oxygens (including phenoxy) is 1. The maximum Gasteiger partial charge on any atom is 0.312 e. The van der Waals surface area contributed by atoms with Crippen LogP contribution in [0.3, 0.4) is 0 Å². The molecule has 144 valence electrons. The highest BCUT2D eigenvalue weighted by atomic mass is 16.6. The minimum absolute atomic E-state index is 0.125. The second kappa shape index (κ2) is 7.43. The Morgan fingerprint density at radius 2 is 1.93 bits per heavy atom. The lowest BCUT2D eigenvalue weighted by molar-refractivity contribution is -0.385. The number of carbonyl (C=O) groups is 1. The van der Waals surface area contributed by atoms with E-state index < -0.39 is 10.8 Å². The van der Waals surface area contributed by atoms with Crippen molar-refractivity contribution in [1.29, 1.82) is 0 Å². The van der Waals surface area contributed by atoms with Crippen molar-refractivity contribution in [3.05, 3.63) is 88.7 Å². The number of amides is 1. The molecule has 0 aliphatic carbocycles. The summed E-state index contributed by atoms with van der Waals surface area (Å²) in [4.78, 5) is 27.8. The molecule has 0 aliphatic rings. The summed E-state index contributed by atoms with van der Waals surface area (Å²) in [6.07, 6.45) is 3.64. The predicted molar refractivity (Wildman–Crippen MR) is 108 cm³/mol. The first kappa shape index (κ1) is 18.2. The molecule has 8 nitrogen and oxygen atoms in total. The fourth-order valence-corrected chi connectivity index (χ4v) is 2.98. The summed E-state index contributed by atoms with van der Waals surface area (Å²) >= 11 is 0. The number of benzene rings is 2. The zero-order valence-corrected chi connectivity index (χ0v) is 15.4. The molecule has 2 aromatic heterocycles. The van der Waals surface area contributed by atoms with Crippen molar-refractivity contribution in [1.82, 2.24) is 9.38 Å². The highest BCUT2D eigenvalue weighted by molar-refractivity contribution is 6.05. The van der Waals surface area contributed by atoms with Crippen molar-refractivity contribution >= 4 is 22.9 Å². The van der Waals surface area contributed by atoms with Crippen LogP contribution in [0, 0.1) is 10.1 Å². The van der Waals surface area contributed by atoms with Crippen LogP contribution < -0.4 is 10.1 Å². The molecule has 8 heteroatoms. The van der Waals surface area contributed by atoms with E-state index in [9.17, 15) is 14.9 Å². The molecule has 2 aromatic carbocycles. The first-order chi connectivity index (χ1) is 14.0. The molecule has 0 aliphatic heterocycles. The lowest BCUT2D eigenvalue weighted by Gasteiger charge is -2.07. The standard InChI is InChI=1S/C21H16N4O4/c1-29-19-8-7-16(12-18(19)25(27)28)22-21(26)15-9-10-24-13-17(23-20(24)11-15)14-5-3-2-4-6-14/h2-13H,1H3,(H,22,26). The Bertz CT molecular complexity index is 1220. The molecule has 1 amide bonds. The normalized spacial score (nSPS) is 10.7. The van der Waals surface area contributed by atoms with Gasteiger partial charge in [-0.15, -0.1) is 0 Å². The van der Waals surface area contributed by atoms with Crippen molar-refractivity contribution in [2.45, 2.75) is 0 Å². The maximum atomic E-state index is 12.6. The van der Waals surface area contributed by atoms with Gasteiger partial charge in [-0.25, -0.2) is 4.98 Å². The number of anilines is 1. The van der Waals surface area contributed by atoms with E-state index in [2.05, 4.69) is 10.3 Å². The molecule has 0 atom stereocenters. The lowest BCUT2D eigenvalue weighted by Crippen LogP contribution is -2.12. The number of hydrogen-bond acceptors (Lipinski definition) is 5. The Balaban J connectivity index is 1.60. The fraction of sp³-hybridized carbons (Fsp3) is 0.0476. The second-order valence-electron chi connectivity index (χ2n) is 6.27. The van der Waals surface area contributed by atoms with Crippen LogP contribution in [0.25, 0.3) is 16.9 Å². The number of imidazole rings is 1. The molecule has 0 unspecified atom stereocenters. The summed E-state index contributed by atoms with van der Waals surface area (Å²) in [6, 6.07) is 17.3. The number of nitrogens with zero attached hydrogens (tertiary/aromatic N) is 3. The predicted octanol–water partition coefficient (Wildman–Crippen LogP) is 4.17. The van der Waals surface area contributed by atoms with Crippen LogP contribution >= 0.6 is 0 Å². The average molecular weight is 388 g/mol. The molecule has 0 radical (unpaired) electrons. The highest BCUT2D eigenvalue weighted by Gasteiger charge is 2.17. The number of carbonyl (C=O) groups excluding carboxylic acids is 1. The molecule has 1 N–H and O–H groups in total. The Morgan fingerprint density at radius 1 is 1.14 bits per heavy atom. The maximum absolute atomic E-state index is 12.6. The molecular formula is C21H16N4O4. The molecule has 0 fully saturated rings. The van der Waals surface area contributed by atoms with E-state index >= 15 is 0 Å². The third-order valence-corrected chi connectivity index (χ3v) is 4.43. The van der Waals surface area contributed by atoms with E-state index in [1.807, 2.05) is 40.9 Å². The van der Waals surface area contributed by atoms with Gasteiger partial charge >= 0.3 is 5.69 Å². The van der Waals surface area contributed by atoms with E-state index in [4.69, 9.17) is 4.74 Å². The zero-order valence-electron chi connectivity index (χ0n) is 15.4. The first-order valence-corrected chi connectivity index (χ1v) is 8.73. The fourth-order valence-electron chi connectivity index (χ4n) is 2.98. The van der Waals surface area contributed by atoms with Gasteiger partial charge in [-0.2, -0.15) is 0 Å². The van der Waals surface area contributed by atoms with Crippen molar-refractivity contribution in [3.63, 3.8) is 0 Å². The Morgan fingerprint density at radius 3 is 2.66 bits per heavy atom. The smallest absolute Gasteiger partial charge is 0.312 e. The summed E-state index contributed by atoms with van der Waals surface area (Å²) in [5.41, 5.74) is 2.87. The van der Waals surface area contributed by atoms with E-state index in [1.165, 1.54) is 19.2 Å². The van der Waals surface area contributed by atoms with Crippen LogP contribution in [0.4, 0.5) is 11.4 Å². The number of nitro benzene ring substituents is 1. The molecule has 0 spiro atoms. The second-order valence-corrected chi connectivity index (χ2v) is 6.27. The van der Waals surface area contributed by atoms with E-state index in [1.54, 1.807) is 24.4 Å². The number of nitro groups is 1. The largest absolute Gasteiger partial charge is 0.490 e. The molecular weight excluding hydrogens is 372 g/mol. The van der Waals surface area contributed by atoms with Gasteiger partial charge in [0.05, 0.1) is 17.7 Å². The topological polar surface area (TPSA) is 98.8 Å². The molecule has 4 aromatic rings. The van der Waals surface area contributed by atoms with Gasteiger partial charge in [0, 0.05) is 35.3 Å². The first-order valence-electron chi connectivity index (χ1n) is 8.73. The number of pyridine rings is 1. The van der Waals surface area contributed by atoms with Crippen LogP contribution in [-0.2, 0) is 0 Å². The van der Waals surface area contributed by atoms with Gasteiger partial charge in [0.2, 0.25) is 0 Å². The van der Waals surface area contributed by atoms with Crippen LogP contribution in [0.15, 0.2) is 73.1 Å². The Kier molecular flexibility index (Phi) is 4.66. The number of rotatable bonds is 5. The van der Waals surface area contributed by atoms with E-state index in [0.717, 1.165) is 11.3 Å². The Labute approximate surface area is 165 Å². The average Bonchev–Trinajstić information content (AvgIpc) is 3.17. The van der Waals surface area contributed by atoms with Crippen molar-refractivity contribution < 1.29 is 14.5 Å². The summed E-state index contributed by atoms with van der Waals surface area (Å²) in [7, 11) is 1.35. The summed E-state index contributed by atoms with van der Waals surface area (Å²) < 4.78 is 6.80. The lowest BCUT2D eigenvalue weighted by atomic mass is 10.2. The third-order valence-electron chi connectivity index (χ3n) is 4.43. The van der Waals surface area contributed by atoms with E-state index in [0.29, 0.717) is 16.9 Å². The molecule has 29 heavy (non-hydrogen) atoms. The van der Waals surface area contributed by atoms with Crippen molar-refractivity contribution in [2.75, 3.05) is 12.4 Å². The van der Waals surface area contributed by atoms with Gasteiger partial charge in [-0.05, 0) is 24.3 Å². The summed E-state index contributed by atoms with van der Waals surface area (Å²) in [5.74, 6) is -0.267. The van der Waals surface area contributed by atoms with Gasteiger partial charge in [0.1, 0.15) is 5.65 Å². The van der Waals surface area contributed by atoms with Gasteiger partial charge in [0.25, 0.3) is 5.91 Å². The van der Waals surface area contributed by atoms with Crippen LogP contribution in [0.2, 0.25) is 0 Å². The number of methoxy groups -OCH3 is 1. The van der Waals surface area contributed by atoms with Crippen LogP contribution in [0.5, 0.6) is 5.75 Å². The number of nitrogens with one attached hydrogen (secondary N) is 1. The molecule has 0 saturated carbocycles.